The van der Waals surface area contributed by atoms with Crippen LogP contribution >= 0.6 is 11.6 Å². The third-order valence-corrected chi connectivity index (χ3v) is 3.00. The molecule has 20 heavy (non-hydrogen) atoms. The molecule has 2 aromatic rings. The monoisotopic (exact) mass is 293 g/mol. The summed E-state index contributed by atoms with van der Waals surface area (Å²) < 4.78 is 18.9. The van der Waals surface area contributed by atoms with Crippen LogP contribution < -0.4 is 4.74 Å². The highest BCUT2D eigenvalue weighted by molar-refractivity contribution is 6.30. The van der Waals surface area contributed by atoms with Crippen LogP contribution in [0.15, 0.2) is 47.6 Å². The maximum Gasteiger partial charge on any atom is 0.131 e. The predicted octanol–water partition coefficient (Wildman–Crippen LogP) is 4.26. The van der Waals surface area contributed by atoms with Crippen LogP contribution in [0.5, 0.6) is 5.75 Å². The van der Waals surface area contributed by atoms with Crippen LogP contribution in [0.1, 0.15) is 18.1 Å². The molecule has 0 saturated heterocycles. The van der Waals surface area contributed by atoms with Crippen LogP contribution in [0.3, 0.4) is 0 Å². The minimum Gasteiger partial charge on any atom is -0.488 e. The van der Waals surface area contributed by atoms with Gasteiger partial charge in [-0.05, 0) is 36.8 Å². The Morgan fingerprint density at radius 2 is 2.10 bits per heavy atom. The first-order valence-corrected chi connectivity index (χ1v) is 6.34. The van der Waals surface area contributed by atoms with Crippen LogP contribution in [0, 0.1) is 5.82 Å². The van der Waals surface area contributed by atoms with E-state index in [0.717, 1.165) is 5.56 Å². The molecule has 2 rings (SSSR count). The largest absolute Gasteiger partial charge is 0.488 e. The SMILES string of the molecule is CC(=NO)c1ccc(F)cc1OCc1cccc(Cl)c1. The average Bonchev–Trinajstić information content (AvgIpc) is 2.44. The first-order chi connectivity index (χ1) is 9.60. The topological polar surface area (TPSA) is 41.8 Å². The number of hydrogen-bond acceptors (Lipinski definition) is 3. The zero-order valence-electron chi connectivity index (χ0n) is 10.8. The maximum absolute atomic E-state index is 13.3. The highest BCUT2D eigenvalue weighted by atomic mass is 35.5. The van der Waals surface area contributed by atoms with Gasteiger partial charge in [0.05, 0.1) is 5.71 Å². The van der Waals surface area contributed by atoms with Gasteiger partial charge >= 0.3 is 0 Å². The quantitative estimate of drug-likeness (QED) is 0.520. The van der Waals surface area contributed by atoms with Crippen LogP contribution in [0.4, 0.5) is 4.39 Å². The maximum atomic E-state index is 13.3. The van der Waals surface area contributed by atoms with Crippen molar-refractivity contribution >= 4 is 17.3 Å². The van der Waals surface area contributed by atoms with Gasteiger partial charge < -0.3 is 9.94 Å². The summed E-state index contributed by atoms with van der Waals surface area (Å²) in [4.78, 5) is 0. The normalized spacial score (nSPS) is 11.4. The molecule has 0 aliphatic carbocycles. The molecule has 2 aromatic carbocycles. The Kier molecular flexibility index (Phi) is 4.58. The van der Waals surface area contributed by atoms with Gasteiger partial charge in [-0.2, -0.15) is 0 Å². The molecule has 0 amide bonds. The van der Waals surface area contributed by atoms with Crippen molar-refractivity contribution in [2.24, 2.45) is 5.16 Å². The average molecular weight is 294 g/mol. The minimum atomic E-state index is -0.416. The lowest BCUT2D eigenvalue weighted by Crippen LogP contribution is -2.03. The second kappa shape index (κ2) is 6.39. The zero-order valence-corrected chi connectivity index (χ0v) is 11.6. The summed E-state index contributed by atoms with van der Waals surface area (Å²) in [6.45, 7) is 1.86. The van der Waals surface area contributed by atoms with Crippen molar-refractivity contribution in [3.63, 3.8) is 0 Å². The van der Waals surface area contributed by atoms with E-state index in [1.807, 2.05) is 12.1 Å². The number of hydrogen-bond donors (Lipinski definition) is 1. The van der Waals surface area contributed by atoms with Crippen LogP contribution in [0.2, 0.25) is 5.02 Å². The fourth-order valence-corrected chi connectivity index (χ4v) is 1.97. The van der Waals surface area contributed by atoms with Crippen LogP contribution in [-0.4, -0.2) is 10.9 Å². The highest BCUT2D eigenvalue weighted by Crippen LogP contribution is 2.22. The number of benzene rings is 2. The van der Waals surface area contributed by atoms with Crippen molar-refractivity contribution in [3.8, 4) is 5.75 Å². The molecule has 0 aliphatic heterocycles. The summed E-state index contributed by atoms with van der Waals surface area (Å²) in [5, 5.41) is 12.5. The molecule has 1 N–H and O–H groups in total. The Balaban J connectivity index is 2.22. The number of nitrogens with zero attached hydrogens (tertiary/aromatic N) is 1. The van der Waals surface area contributed by atoms with Crippen molar-refractivity contribution < 1.29 is 14.3 Å². The summed E-state index contributed by atoms with van der Waals surface area (Å²) in [7, 11) is 0. The van der Waals surface area contributed by atoms with E-state index in [1.54, 1.807) is 19.1 Å². The molecular weight excluding hydrogens is 281 g/mol. The number of rotatable bonds is 4. The fraction of sp³-hybridized carbons (Fsp3) is 0.133. The predicted molar refractivity (Wildman–Crippen MR) is 76.2 cm³/mol. The Bertz CT molecular complexity index is 644. The number of ether oxygens (including phenoxy) is 1. The van der Waals surface area contributed by atoms with E-state index < -0.39 is 5.82 Å². The lowest BCUT2D eigenvalue weighted by Gasteiger charge is -2.11. The van der Waals surface area contributed by atoms with Gasteiger partial charge in [0.15, 0.2) is 0 Å². The second-order valence-corrected chi connectivity index (χ2v) is 4.68. The molecule has 5 heteroatoms. The van der Waals surface area contributed by atoms with E-state index in [1.165, 1.54) is 18.2 Å². The van der Waals surface area contributed by atoms with Gasteiger partial charge in [0.2, 0.25) is 0 Å². The molecule has 0 aromatic heterocycles. The van der Waals surface area contributed by atoms with E-state index in [0.29, 0.717) is 22.0 Å². The highest BCUT2D eigenvalue weighted by Gasteiger charge is 2.09. The molecule has 0 aliphatic rings. The van der Waals surface area contributed by atoms with E-state index in [2.05, 4.69) is 5.16 Å². The van der Waals surface area contributed by atoms with E-state index in [4.69, 9.17) is 21.5 Å². The second-order valence-electron chi connectivity index (χ2n) is 4.24. The van der Waals surface area contributed by atoms with Crippen molar-refractivity contribution in [1.29, 1.82) is 0 Å². The summed E-state index contributed by atoms with van der Waals surface area (Å²) in [6, 6.07) is 11.3. The van der Waals surface area contributed by atoms with E-state index in [-0.39, 0.29) is 6.61 Å². The van der Waals surface area contributed by atoms with Gasteiger partial charge in [0.1, 0.15) is 18.2 Å². The Hall–Kier alpha value is -2.07. The lowest BCUT2D eigenvalue weighted by molar-refractivity contribution is 0.302. The first kappa shape index (κ1) is 14.3. The van der Waals surface area contributed by atoms with Gasteiger partial charge in [0, 0.05) is 16.7 Å². The smallest absolute Gasteiger partial charge is 0.131 e. The third kappa shape index (κ3) is 3.48. The van der Waals surface area contributed by atoms with Crippen molar-refractivity contribution in [3.05, 3.63) is 64.4 Å². The molecular formula is C15H13ClFNO2. The molecule has 0 saturated carbocycles. The Morgan fingerprint density at radius 1 is 1.30 bits per heavy atom. The Morgan fingerprint density at radius 3 is 2.80 bits per heavy atom. The van der Waals surface area contributed by atoms with Gasteiger partial charge in [-0.15, -0.1) is 0 Å². The van der Waals surface area contributed by atoms with Gasteiger partial charge in [-0.25, -0.2) is 4.39 Å². The molecule has 0 bridgehead atoms. The van der Waals surface area contributed by atoms with Crippen molar-refractivity contribution in [2.45, 2.75) is 13.5 Å². The Labute approximate surface area is 121 Å². The van der Waals surface area contributed by atoms with E-state index in [9.17, 15) is 4.39 Å². The van der Waals surface area contributed by atoms with Crippen LogP contribution in [0.25, 0.3) is 0 Å². The lowest BCUT2D eigenvalue weighted by atomic mass is 10.1. The van der Waals surface area contributed by atoms with Gasteiger partial charge in [0.25, 0.3) is 0 Å². The molecule has 104 valence electrons. The van der Waals surface area contributed by atoms with Gasteiger partial charge in [-0.3, -0.25) is 0 Å². The van der Waals surface area contributed by atoms with Crippen molar-refractivity contribution in [1.82, 2.24) is 0 Å². The molecule has 0 heterocycles. The fourth-order valence-electron chi connectivity index (χ4n) is 1.76. The zero-order chi connectivity index (χ0) is 14.5. The third-order valence-electron chi connectivity index (χ3n) is 2.77. The summed E-state index contributed by atoms with van der Waals surface area (Å²) in [5.74, 6) is -0.0964. The summed E-state index contributed by atoms with van der Waals surface area (Å²) in [6.07, 6.45) is 0. The molecule has 0 spiro atoms. The summed E-state index contributed by atoms with van der Waals surface area (Å²) >= 11 is 5.89. The summed E-state index contributed by atoms with van der Waals surface area (Å²) in [5.41, 5.74) is 1.76. The van der Waals surface area contributed by atoms with E-state index >= 15 is 0 Å². The molecule has 0 unspecified atom stereocenters. The molecule has 0 radical (unpaired) electrons. The molecule has 3 nitrogen and oxygen atoms in total. The standard InChI is InChI=1S/C15H13ClFNO2/c1-10(18-19)14-6-5-13(17)8-15(14)20-9-11-3-2-4-12(16)7-11/h2-8,19H,9H2,1H3. The first-order valence-electron chi connectivity index (χ1n) is 5.96. The number of halogens is 2. The van der Waals surface area contributed by atoms with Crippen molar-refractivity contribution in [2.75, 3.05) is 0 Å². The minimum absolute atomic E-state index is 0.246. The number of oxime groups is 1. The van der Waals surface area contributed by atoms with Gasteiger partial charge in [-0.1, -0.05) is 28.9 Å². The molecule has 0 fully saturated rings. The van der Waals surface area contributed by atoms with Crippen LogP contribution in [-0.2, 0) is 6.61 Å². The molecule has 0 atom stereocenters.